The second-order valence-corrected chi connectivity index (χ2v) is 9.26. The smallest absolute Gasteiger partial charge is 0.413 e. The van der Waals surface area contributed by atoms with Crippen LogP contribution in [0.25, 0.3) is 27.9 Å². The van der Waals surface area contributed by atoms with Crippen LogP contribution in [0.1, 0.15) is 25.8 Å². The van der Waals surface area contributed by atoms with Crippen molar-refractivity contribution < 1.29 is 18.7 Å². The van der Waals surface area contributed by atoms with Crippen LogP contribution in [0.2, 0.25) is 0 Å². The zero-order valence-electron chi connectivity index (χ0n) is 22.7. The Kier molecular flexibility index (Phi) is 9.28. The van der Waals surface area contributed by atoms with E-state index in [1.807, 2.05) is 30.0 Å². The van der Waals surface area contributed by atoms with E-state index in [1.54, 1.807) is 19.1 Å². The van der Waals surface area contributed by atoms with Crippen molar-refractivity contribution in [2.75, 3.05) is 44.6 Å². The lowest BCUT2D eigenvalue weighted by atomic mass is 9.99. The monoisotopic (exact) mass is 547 g/mol. The standard InChI is InChI=1S/C29H34FN7O3/c1-4-19(9-10-21(31)18-36-12-14-37(15-13-36)25(38)5-2)20-16-22(26-23(30)8-7-11-32-26)27-24(17-20)33-28(34-27)35-29(39)40-6-3/h4,7-11,16-17H,1,5-6,12-15,18,31H2,2-3H3,(H2,33,34,35,39)/b19-9+,21-10-. The molecular weight excluding hydrogens is 513 g/mol. The highest BCUT2D eigenvalue weighted by Gasteiger charge is 2.20. The first kappa shape index (κ1) is 28.5. The van der Waals surface area contributed by atoms with E-state index in [2.05, 4.69) is 31.7 Å². The van der Waals surface area contributed by atoms with Crippen molar-refractivity contribution in [1.29, 1.82) is 0 Å². The average Bonchev–Trinajstić information content (AvgIpc) is 3.35. The van der Waals surface area contributed by atoms with Crippen LogP contribution in [0.5, 0.6) is 0 Å². The maximum atomic E-state index is 14.8. The number of hydrogen-bond donors (Lipinski definition) is 3. The van der Waals surface area contributed by atoms with Crippen molar-refractivity contribution >= 4 is 34.6 Å². The normalized spacial score (nSPS) is 14.8. The van der Waals surface area contributed by atoms with E-state index in [1.165, 1.54) is 18.3 Å². The van der Waals surface area contributed by atoms with Crippen LogP contribution in [0, 0.1) is 5.82 Å². The Morgan fingerprint density at radius 2 is 2.00 bits per heavy atom. The van der Waals surface area contributed by atoms with Crippen molar-refractivity contribution in [3.8, 4) is 11.3 Å². The molecule has 0 atom stereocenters. The van der Waals surface area contributed by atoms with Crippen molar-refractivity contribution in [2.24, 2.45) is 5.73 Å². The summed E-state index contributed by atoms with van der Waals surface area (Å²) in [5, 5.41) is 2.55. The summed E-state index contributed by atoms with van der Waals surface area (Å²) < 4.78 is 19.8. The molecule has 4 N–H and O–H groups in total. The van der Waals surface area contributed by atoms with Gasteiger partial charge in [-0.05, 0) is 48.4 Å². The number of aromatic nitrogens is 3. The quantitative estimate of drug-likeness (QED) is 0.341. The number of nitrogens with zero attached hydrogens (tertiary/aromatic N) is 4. The topological polar surface area (TPSA) is 129 Å². The fraction of sp³-hybridized carbons (Fsp3) is 0.310. The number of carbonyl (C=O) groups excluding carboxylic acids is 2. The van der Waals surface area contributed by atoms with Crippen LogP contribution >= 0.6 is 0 Å². The summed E-state index contributed by atoms with van der Waals surface area (Å²) >= 11 is 0. The summed E-state index contributed by atoms with van der Waals surface area (Å²) in [6, 6.07) is 6.47. The Morgan fingerprint density at radius 1 is 1.23 bits per heavy atom. The molecule has 0 spiro atoms. The van der Waals surface area contributed by atoms with Crippen molar-refractivity contribution in [3.05, 3.63) is 72.3 Å². The SMILES string of the molecule is C=C/C(=C\C=C(/N)CN1CCN(C(=O)CC)CC1)c1cc(-c2ncccc2F)c2nc(NC(=O)OCC)[nH]c2c1. The molecule has 3 heterocycles. The van der Waals surface area contributed by atoms with Crippen LogP contribution in [0.4, 0.5) is 15.1 Å². The number of nitrogens with one attached hydrogen (secondary N) is 2. The van der Waals surface area contributed by atoms with E-state index in [0.717, 1.165) is 24.2 Å². The predicted octanol–water partition coefficient (Wildman–Crippen LogP) is 4.30. The molecule has 1 aliphatic rings. The van der Waals surface area contributed by atoms with Gasteiger partial charge >= 0.3 is 6.09 Å². The van der Waals surface area contributed by atoms with Gasteiger partial charge in [0.05, 0.1) is 12.1 Å². The van der Waals surface area contributed by atoms with Crippen molar-refractivity contribution in [2.45, 2.75) is 20.3 Å². The second kappa shape index (κ2) is 13.0. The minimum absolute atomic E-state index is 0.127. The zero-order chi connectivity index (χ0) is 28.6. The molecule has 1 fully saturated rings. The molecule has 0 aliphatic carbocycles. The average molecular weight is 548 g/mol. The summed E-state index contributed by atoms with van der Waals surface area (Å²) in [5.41, 5.74) is 10.1. The number of rotatable bonds is 9. The van der Waals surface area contributed by atoms with Gasteiger partial charge in [-0.2, -0.15) is 0 Å². The maximum Gasteiger partial charge on any atom is 0.413 e. The second-order valence-electron chi connectivity index (χ2n) is 9.26. The van der Waals surface area contributed by atoms with Gasteiger partial charge in [-0.15, -0.1) is 0 Å². The zero-order valence-corrected chi connectivity index (χ0v) is 22.7. The molecule has 210 valence electrons. The third-order valence-electron chi connectivity index (χ3n) is 6.56. The summed E-state index contributed by atoms with van der Waals surface area (Å²) in [5.74, 6) is -0.167. The first-order chi connectivity index (χ1) is 19.3. The fourth-order valence-electron chi connectivity index (χ4n) is 4.54. The highest BCUT2D eigenvalue weighted by molar-refractivity contribution is 5.97. The number of aromatic amines is 1. The van der Waals surface area contributed by atoms with E-state index in [4.69, 9.17) is 10.5 Å². The van der Waals surface area contributed by atoms with Gasteiger partial charge in [0.25, 0.3) is 0 Å². The van der Waals surface area contributed by atoms with Gasteiger partial charge in [-0.1, -0.05) is 25.7 Å². The van der Waals surface area contributed by atoms with Gasteiger partial charge in [0.1, 0.15) is 17.0 Å². The van der Waals surface area contributed by atoms with E-state index in [0.29, 0.717) is 48.3 Å². The van der Waals surface area contributed by atoms with Crippen molar-refractivity contribution in [1.82, 2.24) is 24.8 Å². The highest BCUT2D eigenvalue weighted by atomic mass is 19.1. The number of hydrogen-bond acceptors (Lipinski definition) is 7. The molecule has 0 saturated carbocycles. The first-order valence-electron chi connectivity index (χ1n) is 13.2. The third-order valence-corrected chi connectivity index (χ3v) is 6.56. The number of allylic oxidation sites excluding steroid dienone is 4. The van der Waals surface area contributed by atoms with E-state index in [-0.39, 0.29) is 24.2 Å². The molecule has 1 saturated heterocycles. The molecule has 2 aromatic heterocycles. The van der Waals surface area contributed by atoms with Gasteiger partial charge in [0.15, 0.2) is 0 Å². The van der Waals surface area contributed by atoms with Gasteiger partial charge in [0, 0.05) is 56.6 Å². The first-order valence-corrected chi connectivity index (χ1v) is 13.2. The minimum Gasteiger partial charge on any atom is -0.450 e. The Morgan fingerprint density at radius 3 is 2.67 bits per heavy atom. The predicted molar refractivity (Wildman–Crippen MR) is 154 cm³/mol. The number of ether oxygens (including phenoxy) is 1. The summed E-state index contributed by atoms with van der Waals surface area (Å²) in [4.78, 5) is 39.7. The van der Waals surface area contributed by atoms with Crippen LogP contribution in [-0.4, -0.2) is 76.1 Å². The van der Waals surface area contributed by atoms with Crippen LogP contribution in [0.3, 0.4) is 0 Å². The molecule has 10 nitrogen and oxygen atoms in total. The summed E-state index contributed by atoms with van der Waals surface area (Å²) in [6.45, 7) is 11.2. The molecule has 3 aromatic rings. The number of H-pyrrole nitrogens is 1. The molecular formula is C29H34FN7O3. The molecule has 1 aromatic carbocycles. The van der Waals surface area contributed by atoms with Gasteiger partial charge in [0.2, 0.25) is 11.9 Å². The number of imidazole rings is 1. The van der Waals surface area contributed by atoms with Gasteiger partial charge in [-0.3, -0.25) is 20.0 Å². The number of fused-ring (bicyclic) bond motifs is 1. The Labute approximate surface area is 232 Å². The fourth-order valence-corrected chi connectivity index (χ4v) is 4.54. The molecule has 0 radical (unpaired) electrons. The number of nitrogens with two attached hydrogens (primary N) is 1. The third kappa shape index (κ3) is 6.73. The summed E-state index contributed by atoms with van der Waals surface area (Å²) in [6.07, 6.45) is 6.73. The number of pyridine rings is 1. The number of anilines is 1. The summed E-state index contributed by atoms with van der Waals surface area (Å²) in [7, 11) is 0. The van der Waals surface area contributed by atoms with Crippen LogP contribution in [-0.2, 0) is 9.53 Å². The number of benzene rings is 1. The number of piperazine rings is 1. The minimum atomic E-state index is -0.655. The van der Waals surface area contributed by atoms with Gasteiger partial charge < -0.3 is 20.4 Å². The van der Waals surface area contributed by atoms with Crippen LogP contribution in [0.15, 0.2) is 61.0 Å². The lowest BCUT2D eigenvalue weighted by Gasteiger charge is -2.34. The van der Waals surface area contributed by atoms with E-state index < -0.39 is 11.9 Å². The van der Waals surface area contributed by atoms with Crippen molar-refractivity contribution in [3.63, 3.8) is 0 Å². The molecule has 2 amide bonds. The maximum absolute atomic E-state index is 14.8. The number of amides is 2. The lowest BCUT2D eigenvalue weighted by molar-refractivity contribution is -0.132. The van der Waals surface area contributed by atoms with E-state index >= 15 is 0 Å². The molecule has 0 bridgehead atoms. The molecule has 11 heteroatoms. The number of halogens is 1. The molecule has 0 unspecified atom stereocenters. The highest BCUT2D eigenvalue weighted by Crippen LogP contribution is 2.33. The molecule has 1 aliphatic heterocycles. The molecule has 4 rings (SSSR count). The molecule has 40 heavy (non-hydrogen) atoms. The Balaban J connectivity index is 1.63. The largest absolute Gasteiger partial charge is 0.450 e. The van der Waals surface area contributed by atoms with Crippen LogP contribution < -0.4 is 11.1 Å². The Bertz CT molecular complexity index is 1460. The lowest BCUT2D eigenvalue weighted by Crippen LogP contribution is -2.49. The Hall–Kier alpha value is -4.51. The van der Waals surface area contributed by atoms with Gasteiger partial charge in [-0.25, -0.2) is 14.2 Å². The number of carbonyl (C=O) groups is 2. The van der Waals surface area contributed by atoms with E-state index in [9.17, 15) is 14.0 Å².